The van der Waals surface area contributed by atoms with Gasteiger partial charge in [-0.3, -0.25) is 4.79 Å². The van der Waals surface area contributed by atoms with Crippen LogP contribution in [0.15, 0.2) is 34.9 Å². The highest BCUT2D eigenvalue weighted by Crippen LogP contribution is 2.47. The Morgan fingerprint density at radius 2 is 2.24 bits per heavy atom. The number of pyridine rings is 1. The van der Waals surface area contributed by atoms with Crippen LogP contribution < -0.4 is 0 Å². The highest BCUT2D eigenvalue weighted by Gasteiger charge is 2.36. The lowest BCUT2D eigenvalue weighted by molar-refractivity contribution is 0.0774. The monoisotopic (exact) mass is 304 g/mol. The first kappa shape index (κ1) is 14.1. The van der Waals surface area contributed by atoms with Gasteiger partial charge in [-0.25, -0.2) is 4.98 Å². The summed E-state index contributed by atoms with van der Waals surface area (Å²) in [4.78, 5) is 17.8. The van der Waals surface area contributed by atoms with Crippen molar-refractivity contribution in [2.45, 2.75) is 25.8 Å². The normalized spacial score (nSPS) is 20.3. The third kappa shape index (κ3) is 3.10. The summed E-state index contributed by atoms with van der Waals surface area (Å²) in [5.74, 6) is 3.00. The van der Waals surface area contributed by atoms with Crippen molar-refractivity contribution in [3.63, 3.8) is 0 Å². The first-order chi connectivity index (χ1) is 10.0. The van der Waals surface area contributed by atoms with Crippen molar-refractivity contribution in [3.05, 3.63) is 52.7 Å². The van der Waals surface area contributed by atoms with Crippen LogP contribution in [0.1, 0.15) is 41.1 Å². The van der Waals surface area contributed by atoms with Gasteiger partial charge < -0.3 is 9.32 Å². The minimum atomic E-state index is -0.1000. The average Bonchev–Trinajstić information content (AvgIpc) is 3.01. The van der Waals surface area contributed by atoms with Gasteiger partial charge in [0, 0.05) is 24.7 Å². The number of furan rings is 1. The standard InChI is InChI=1S/C16H17ClN2O2/c1-10-7-13(10)14-4-3-12(21-14)9-19(2)16(20)11-5-6-18-15(17)8-11/h3-6,8,10,13H,7,9H2,1-2H3. The van der Waals surface area contributed by atoms with Gasteiger partial charge in [0.2, 0.25) is 0 Å². The predicted octanol–water partition coefficient (Wildman–Crippen LogP) is 3.72. The first-order valence-corrected chi connectivity index (χ1v) is 7.38. The minimum Gasteiger partial charge on any atom is -0.464 e. The zero-order valence-corrected chi connectivity index (χ0v) is 12.8. The molecule has 1 aliphatic rings. The smallest absolute Gasteiger partial charge is 0.254 e. The maximum Gasteiger partial charge on any atom is 0.254 e. The molecule has 0 aromatic carbocycles. The molecule has 2 aromatic rings. The molecule has 1 fully saturated rings. The van der Waals surface area contributed by atoms with Crippen molar-refractivity contribution in [2.75, 3.05) is 7.05 Å². The molecule has 3 rings (SSSR count). The Morgan fingerprint density at radius 3 is 2.90 bits per heavy atom. The van der Waals surface area contributed by atoms with Crippen molar-refractivity contribution in [1.29, 1.82) is 0 Å². The van der Waals surface area contributed by atoms with Gasteiger partial charge in [0.05, 0.1) is 6.54 Å². The van der Waals surface area contributed by atoms with Crippen LogP contribution in [-0.4, -0.2) is 22.8 Å². The van der Waals surface area contributed by atoms with Crippen LogP contribution in [-0.2, 0) is 6.54 Å². The van der Waals surface area contributed by atoms with E-state index in [1.807, 2.05) is 12.1 Å². The van der Waals surface area contributed by atoms with Crippen LogP contribution in [0.2, 0.25) is 5.15 Å². The summed E-state index contributed by atoms with van der Waals surface area (Å²) < 4.78 is 5.83. The second-order valence-electron chi connectivity index (χ2n) is 5.65. The number of hydrogen-bond acceptors (Lipinski definition) is 3. The van der Waals surface area contributed by atoms with Crippen molar-refractivity contribution in [2.24, 2.45) is 5.92 Å². The molecule has 110 valence electrons. The second-order valence-corrected chi connectivity index (χ2v) is 6.04. The number of rotatable bonds is 4. The highest BCUT2D eigenvalue weighted by molar-refractivity contribution is 6.29. The minimum absolute atomic E-state index is 0.1000. The summed E-state index contributed by atoms with van der Waals surface area (Å²) >= 11 is 5.81. The third-order valence-electron chi connectivity index (χ3n) is 3.87. The summed E-state index contributed by atoms with van der Waals surface area (Å²) in [6, 6.07) is 7.19. The van der Waals surface area contributed by atoms with Crippen molar-refractivity contribution in [3.8, 4) is 0 Å². The third-order valence-corrected chi connectivity index (χ3v) is 4.08. The molecule has 0 bridgehead atoms. The van der Waals surface area contributed by atoms with Crippen molar-refractivity contribution in [1.82, 2.24) is 9.88 Å². The van der Waals surface area contributed by atoms with Crippen LogP contribution in [0.5, 0.6) is 0 Å². The largest absolute Gasteiger partial charge is 0.464 e. The number of amides is 1. The zero-order valence-electron chi connectivity index (χ0n) is 12.0. The van der Waals surface area contributed by atoms with Crippen LogP contribution in [0.3, 0.4) is 0 Å². The maximum atomic E-state index is 12.3. The van der Waals surface area contributed by atoms with Crippen LogP contribution in [0.4, 0.5) is 0 Å². The summed E-state index contributed by atoms with van der Waals surface area (Å²) in [7, 11) is 1.75. The molecule has 2 aromatic heterocycles. The van der Waals surface area contributed by atoms with E-state index < -0.39 is 0 Å². The molecule has 0 spiro atoms. The Morgan fingerprint density at radius 1 is 1.48 bits per heavy atom. The van der Waals surface area contributed by atoms with E-state index in [-0.39, 0.29) is 5.91 Å². The molecule has 4 nitrogen and oxygen atoms in total. The maximum absolute atomic E-state index is 12.3. The van der Waals surface area contributed by atoms with Gasteiger partial charge in [0.25, 0.3) is 5.91 Å². The fraction of sp³-hybridized carbons (Fsp3) is 0.375. The van der Waals surface area contributed by atoms with E-state index >= 15 is 0 Å². The summed E-state index contributed by atoms with van der Waals surface area (Å²) in [6.45, 7) is 2.66. The van der Waals surface area contributed by atoms with Gasteiger partial charge in [-0.15, -0.1) is 0 Å². The molecule has 1 aliphatic carbocycles. The Bertz CT molecular complexity index is 668. The average molecular weight is 305 g/mol. The molecule has 2 heterocycles. The zero-order chi connectivity index (χ0) is 15.0. The van der Waals surface area contributed by atoms with E-state index in [2.05, 4.69) is 11.9 Å². The van der Waals surface area contributed by atoms with E-state index in [0.29, 0.717) is 29.1 Å². The molecule has 21 heavy (non-hydrogen) atoms. The number of carbonyl (C=O) groups is 1. The van der Waals surface area contributed by atoms with Gasteiger partial charge in [0.1, 0.15) is 16.7 Å². The van der Waals surface area contributed by atoms with Gasteiger partial charge >= 0.3 is 0 Å². The van der Waals surface area contributed by atoms with Gasteiger partial charge in [0.15, 0.2) is 0 Å². The highest BCUT2D eigenvalue weighted by atomic mass is 35.5. The molecular formula is C16H17ClN2O2. The fourth-order valence-corrected chi connectivity index (χ4v) is 2.63. The number of aromatic nitrogens is 1. The molecule has 0 radical (unpaired) electrons. The van der Waals surface area contributed by atoms with Gasteiger partial charge in [-0.05, 0) is 36.6 Å². The Hall–Kier alpha value is -1.81. The van der Waals surface area contributed by atoms with Gasteiger partial charge in [-0.1, -0.05) is 18.5 Å². The number of halogens is 1. The molecule has 5 heteroatoms. The predicted molar refractivity (Wildman–Crippen MR) is 80.3 cm³/mol. The lowest BCUT2D eigenvalue weighted by Crippen LogP contribution is -2.26. The SMILES string of the molecule is CC1CC1c1ccc(CN(C)C(=O)c2ccnc(Cl)c2)o1. The first-order valence-electron chi connectivity index (χ1n) is 7.00. The van der Waals surface area contributed by atoms with Crippen molar-refractivity contribution < 1.29 is 9.21 Å². The quantitative estimate of drug-likeness (QED) is 0.809. The molecular weight excluding hydrogens is 288 g/mol. The van der Waals surface area contributed by atoms with Gasteiger partial charge in [-0.2, -0.15) is 0 Å². The van der Waals surface area contributed by atoms with Crippen molar-refractivity contribution >= 4 is 17.5 Å². The summed E-state index contributed by atoms with van der Waals surface area (Å²) in [5, 5.41) is 0.317. The van der Waals surface area contributed by atoms with Crippen LogP contribution >= 0.6 is 11.6 Å². The van der Waals surface area contributed by atoms with E-state index in [0.717, 1.165) is 11.5 Å². The lowest BCUT2D eigenvalue weighted by atomic mass is 10.2. The molecule has 2 atom stereocenters. The van der Waals surface area contributed by atoms with E-state index in [1.165, 1.54) is 12.6 Å². The number of hydrogen-bond donors (Lipinski definition) is 0. The van der Waals surface area contributed by atoms with Crippen LogP contribution in [0, 0.1) is 5.92 Å². The summed E-state index contributed by atoms with van der Waals surface area (Å²) in [5.41, 5.74) is 0.528. The van der Waals surface area contributed by atoms with Crippen LogP contribution in [0.25, 0.3) is 0 Å². The van der Waals surface area contributed by atoms with E-state index in [1.54, 1.807) is 24.1 Å². The molecule has 0 N–H and O–H groups in total. The second kappa shape index (κ2) is 5.53. The Balaban J connectivity index is 1.66. The van der Waals surface area contributed by atoms with E-state index in [4.69, 9.17) is 16.0 Å². The Labute approximate surface area is 128 Å². The fourth-order valence-electron chi connectivity index (χ4n) is 2.46. The summed E-state index contributed by atoms with van der Waals surface area (Å²) in [6.07, 6.45) is 2.72. The lowest BCUT2D eigenvalue weighted by Gasteiger charge is -2.15. The molecule has 2 unspecified atom stereocenters. The number of carbonyl (C=O) groups excluding carboxylic acids is 1. The number of nitrogens with zero attached hydrogens (tertiary/aromatic N) is 2. The Kier molecular flexibility index (Phi) is 3.72. The molecule has 0 aliphatic heterocycles. The molecule has 1 saturated carbocycles. The molecule has 1 amide bonds. The topological polar surface area (TPSA) is 46.3 Å². The molecule has 0 saturated heterocycles. The van der Waals surface area contributed by atoms with E-state index in [9.17, 15) is 4.79 Å².